The predicted octanol–water partition coefficient (Wildman–Crippen LogP) is 16.3. The van der Waals surface area contributed by atoms with Gasteiger partial charge < -0.3 is 20.3 Å². The van der Waals surface area contributed by atoms with Gasteiger partial charge in [-0.2, -0.15) is 0 Å². The number of nitrogens with one attached hydrogen (secondary N) is 1. The van der Waals surface area contributed by atoms with Crippen LogP contribution in [0.2, 0.25) is 0 Å². The molecular formula is C58H101NO5. The minimum absolute atomic E-state index is 0.0385. The summed E-state index contributed by atoms with van der Waals surface area (Å²) in [7, 11) is 0. The molecule has 0 aromatic carbocycles. The van der Waals surface area contributed by atoms with E-state index in [1.165, 1.54) is 103 Å². The number of esters is 1. The van der Waals surface area contributed by atoms with E-state index in [1.807, 2.05) is 0 Å². The Morgan fingerprint density at radius 1 is 0.484 bits per heavy atom. The van der Waals surface area contributed by atoms with Crippen molar-refractivity contribution in [1.29, 1.82) is 0 Å². The maximum Gasteiger partial charge on any atom is 0.306 e. The van der Waals surface area contributed by atoms with Gasteiger partial charge in [-0.15, -0.1) is 0 Å². The topological polar surface area (TPSA) is 95.9 Å². The molecule has 64 heavy (non-hydrogen) atoms. The lowest BCUT2D eigenvalue weighted by Crippen LogP contribution is -2.46. The molecule has 0 aliphatic carbocycles. The number of aliphatic hydroxyl groups is 2. The third kappa shape index (κ3) is 45.6. The molecule has 0 spiro atoms. The van der Waals surface area contributed by atoms with E-state index in [4.69, 9.17) is 4.74 Å². The van der Waals surface area contributed by atoms with E-state index in [1.54, 1.807) is 0 Å². The van der Waals surface area contributed by atoms with E-state index in [0.717, 1.165) is 89.9 Å². The Balaban J connectivity index is 4.66. The van der Waals surface area contributed by atoms with Crippen molar-refractivity contribution in [2.45, 2.75) is 264 Å². The van der Waals surface area contributed by atoms with Crippen LogP contribution in [-0.2, 0) is 14.3 Å². The summed E-state index contributed by atoms with van der Waals surface area (Å²) in [5.74, 6) is -0.564. The fraction of sp³-hybridized carbons (Fsp3) is 0.724. The van der Waals surface area contributed by atoms with Gasteiger partial charge in [0.05, 0.1) is 25.2 Å². The largest absolute Gasteiger partial charge is 0.462 e. The first kappa shape index (κ1) is 61.0. The van der Waals surface area contributed by atoms with Gasteiger partial charge in [0.25, 0.3) is 0 Å². The van der Waals surface area contributed by atoms with Gasteiger partial charge in [0.1, 0.15) is 6.10 Å². The number of rotatable bonds is 47. The van der Waals surface area contributed by atoms with Crippen LogP contribution in [0, 0.1) is 0 Å². The molecule has 3 N–H and O–H groups in total. The third-order valence-corrected chi connectivity index (χ3v) is 11.8. The van der Waals surface area contributed by atoms with Crippen molar-refractivity contribution in [2.24, 2.45) is 0 Å². The number of unbranched alkanes of at least 4 members (excludes halogenated alkanes) is 23. The molecule has 0 aliphatic heterocycles. The van der Waals surface area contributed by atoms with Crippen molar-refractivity contribution in [3.8, 4) is 0 Å². The maximum atomic E-state index is 13.2. The minimum Gasteiger partial charge on any atom is -0.462 e. The molecule has 0 heterocycles. The SMILES string of the molecule is CC/C=C/C=C/C=C/CCCCCCCC(CC(=O)NC(CO)C(O)CCCCCCCCCCCCCCCCC)OC(=O)CCC/C=C\C/C=C\C/C=C\C/C=C\CCCCC. The lowest BCUT2D eigenvalue weighted by atomic mass is 10.0. The highest BCUT2D eigenvalue weighted by Crippen LogP contribution is 2.17. The van der Waals surface area contributed by atoms with Gasteiger partial charge in [-0.25, -0.2) is 0 Å². The number of aliphatic hydroxyl groups excluding tert-OH is 2. The van der Waals surface area contributed by atoms with E-state index in [0.29, 0.717) is 25.7 Å². The van der Waals surface area contributed by atoms with Gasteiger partial charge in [-0.1, -0.05) is 234 Å². The first-order valence-electron chi connectivity index (χ1n) is 26.8. The zero-order valence-corrected chi connectivity index (χ0v) is 41.9. The monoisotopic (exact) mass is 892 g/mol. The normalized spacial score (nSPS) is 13.9. The fourth-order valence-corrected chi connectivity index (χ4v) is 7.72. The summed E-state index contributed by atoms with van der Waals surface area (Å²) in [5, 5.41) is 23.8. The Morgan fingerprint density at radius 2 is 0.906 bits per heavy atom. The molecule has 0 aliphatic rings. The lowest BCUT2D eigenvalue weighted by Gasteiger charge is -2.24. The molecule has 1 amide bonds. The van der Waals surface area contributed by atoms with Crippen molar-refractivity contribution in [2.75, 3.05) is 6.61 Å². The quantitative estimate of drug-likeness (QED) is 0.0245. The Bertz CT molecular complexity index is 1230. The molecular weight excluding hydrogens is 791 g/mol. The van der Waals surface area contributed by atoms with Crippen LogP contribution in [0.5, 0.6) is 0 Å². The first-order valence-corrected chi connectivity index (χ1v) is 26.8. The number of carbonyl (C=O) groups is 2. The average Bonchev–Trinajstić information content (AvgIpc) is 3.29. The van der Waals surface area contributed by atoms with Gasteiger partial charge >= 0.3 is 5.97 Å². The van der Waals surface area contributed by atoms with Crippen LogP contribution < -0.4 is 5.32 Å². The third-order valence-electron chi connectivity index (χ3n) is 11.8. The molecule has 6 nitrogen and oxygen atoms in total. The Hall–Kier alpha value is -2.96. The summed E-state index contributed by atoms with van der Waals surface area (Å²) in [6, 6.07) is -0.724. The molecule has 3 atom stereocenters. The second kappa shape index (κ2) is 51.0. The Morgan fingerprint density at radius 3 is 1.44 bits per heavy atom. The zero-order chi connectivity index (χ0) is 46.7. The fourth-order valence-electron chi connectivity index (χ4n) is 7.72. The number of ether oxygens (including phenoxy) is 1. The summed E-state index contributed by atoms with van der Waals surface area (Å²) >= 11 is 0. The average molecular weight is 892 g/mol. The summed E-state index contributed by atoms with van der Waals surface area (Å²) < 4.78 is 5.90. The lowest BCUT2D eigenvalue weighted by molar-refractivity contribution is -0.151. The van der Waals surface area contributed by atoms with Crippen molar-refractivity contribution >= 4 is 11.9 Å². The van der Waals surface area contributed by atoms with Gasteiger partial charge in [0, 0.05) is 6.42 Å². The van der Waals surface area contributed by atoms with Gasteiger partial charge in [-0.3, -0.25) is 9.59 Å². The highest BCUT2D eigenvalue weighted by molar-refractivity contribution is 5.77. The summed E-state index contributed by atoms with van der Waals surface area (Å²) in [4.78, 5) is 26.2. The maximum absolute atomic E-state index is 13.2. The van der Waals surface area contributed by atoms with Crippen LogP contribution in [0.4, 0.5) is 0 Å². The highest BCUT2D eigenvalue weighted by Gasteiger charge is 2.24. The van der Waals surface area contributed by atoms with Crippen molar-refractivity contribution in [1.82, 2.24) is 5.32 Å². The van der Waals surface area contributed by atoms with Crippen LogP contribution in [0.25, 0.3) is 0 Å². The minimum atomic E-state index is -0.807. The molecule has 0 aromatic heterocycles. The van der Waals surface area contributed by atoms with E-state index in [-0.39, 0.29) is 24.9 Å². The van der Waals surface area contributed by atoms with Gasteiger partial charge in [-0.05, 0) is 83.5 Å². The standard InChI is InChI=1S/C58H101NO5/c1-4-7-10-13-16-19-22-25-27-28-30-33-36-39-42-45-48-51-58(63)64-54(49-46-43-40-37-34-31-24-21-18-15-12-9-6-3)52-57(62)59-55(53-60)56(61)50-47-44-41-38-35-32-29-26-23-20-17-14-11-8-5-2/h9,12,15-16,18-19,21,24-25,27,30,33,39,42,54-56,60-61H,4-8,10-11,13-14,17,20,22-23,26,28-29,31-32,34-38,40-41,43-53H2,1-3H3,(H,59,62)/b12-9+,18-15+,19-16-,24-21+,27-25-,33-30-,42-39-. The molecule has 0 aromatic rings. The number of allylic oxidation sites excluding steroid dienone is 14. The van der Waals surface area contributed by atoms with Gasteiger partial charge in [0.15, 0.2) is 0 Å². The number of amides is 1. The van der Waals surface area contributed by atoms with Crippen molar-refractivity contribution < 1.29 is 24.5 Å². The summed E-state index contributed by atoms with van der Waals surface area (Å²) in [6.07, 6.45) is 66.4. The van der Waals surface area contributed by atoms with E-state index in [2.05, 4.69) is 111 Å². The van der Waals surface area contributed by atoms with Crippen LogP contribution in [0.15, 0.2) is 85.1 Å². The molecule has 0 saturated heterocycles. The number of carbonyl (C=O) groups excluding carboxylic acids is 2. The molecule has 0 radical (unpaired) electrons. The van der Waals surface area contributed by atoms with Crippen LogP contribution in [0.3, 0.4) is 0 Å². The van der Waals surface area contributed by atoms with Crippen LogP contribution in [-0.4, -0.2) is 46.9 Å². The molecule has 0 saturated carbocycles. The molecule has 6 heteroatoms. The summed E-state index contributed by atoms with van der Waals surface area (Å²) in [5.41, 5.74) is 0. The van der Waals surface area contributed by atoms with Crippen LogP contribution in [0.1, 0.15) is 245 Å². The zero-order valence-electron chi connectivity index (χ0n) is 41.9. The molecule has 0 fully saturated rings. The molecule has 0 rings (SSSR count). The smallest absolute Gasteiger partial charge is 0.306 e. The number of hydrogen-bond acceptors (Lipinski definition) is 5. The van der Waals surface area contributed by atoms with E-state index < -0.39 is 18.2 Å². The Labute approximate surface area is 395 Å². The first-order chi connectivity index (χ1) is 31.5. The molecule has 0 bridgehead atoms. The van der Waals surface area contributed by atoms with Crippen molar-refractivity contribution in [3.63, 3.8) is 0 Å². The second-order valence-corrected chi connectivity index (χ2v) is 18.0. The highest BCUT2D eigenvalue weighted by atomic mass is 16.5. The number of hydrogen-bond donors (Lipinski definition) is 3. The molecule has 3 unspecified atom stereocenters. The molecule has 368 valence electrons. The van der Waals surface area contributed by atoms with Crippen molar-refractivity contribution in [3.05, 3.63) is 85.1 Å². The van der Waals surface area contributed by atoms with E-state index in [9.17, 15) is 19.8 Å². The predicted molar refractivity (Wildman–Crippen MR) is 278 cm³/mol. The Kier molecular flexibility index (Phi) is 48.7. The second-order valence-electron chi connectivity index (χ2n) is 18.0. The van der Waals surface area contributed by atoms with Crippen LogP contribution >= 0.6 is 0 Å². The summed E-state index contributed by atoms with van der Waals surface area (Å²) in [6.45, 7) is 6.31. The van der Waals surface area contributed by atoms with Gasteiger partial charge in [0.2, 0.25) is 5.91 Å². The van der Waals surface area contributed by atoms with E-state index >= 15 is 0 Å².